The number of hydrogen-bond acceptors (Lipinski definition) is 5. The maximum atomic E-state index is 5.29. The van der Waals surface area contributed by atoms with Gasteiger partial charge in [-0.15, -0.1) is 11.8 Å². The lowest BCUT2D eigenvalue weighted by atomic mass is 9.97. The fourth-order valence-corrected chi connectivity index (χ4v) is 2.76. The molecule has 0 aliphatic rings. The van der Waals surface area contributed by atoms with Gasteiger partial charge in [0, 0.05) is 29.2 Å². The van der Waals surface area contributed by atoms with Gasteiger partial charge in [-0.3, -0.25) is 0 Å². The van der Waals surface area contributed by atoms with Gasteiger partial charge in [0.25, 0.3) is 0 Å². The van der Waals surface area contributed by atoms with E-state index in [1.54, 1.807) is 0 Å². The first kappa shape index (κ1) is 19.3. The van der Waals surface area contributed by atoms with Crippen LogP contribution < -0.4 is 10.6 Å². The van der Waals surface area contributed by atoms with Gasteiger partial charge in [0.05, 0.1) is 0 Å². The van der Waals surface area contributed by atoms with Gasteiger partial charge in [0.2, 0.25) is 5.89 Å². The Labute approximate surface area is 153 Å². The van der Waals surface area contributed by atoms with E-state index in [4.69, 9.17) is 4.52 Å². The zero-order valence-corrected chi connectivity index (χ0v) is 16.2. The Balaban J connectivity index is 1.82. The largest absolute Gasteiger partial charge is 0.357 e. The SMILES string of the molecule is CCNC(=NCc1noc(C(C)(C)C)n1)NCCSc1ccccc1. The lowest BCUT2D eigenvalue weighted by molar-refractivity contribution is 0.318. The van der Waals surface area contributed by atoms with Crippen LogP contribution in [0.1, 0.15) is 39.4 Å². The monoisotopic (exact) mass is 361 g/mol. The molecule has 0 bridgehead atoms. The van der Waals surface area contributed by atoms with Crippen molar-refractivity contribution in [2.24, 2.45) is 4.99 Å². The van der Waals surface area contributed by atoms with E-state index in [0.717, 1.165) is 24.8 Å². The number of nitrogens with zero attached hydrogens (tertiary/aromatic N) is 3. The third-order valence-corrected chi connectivity index (χ3v) is 4.25. The highest BCUT2D eigenvalue weighted by Crippen LogP contribution is 2.19. The Morgan fingerprint density at radius 3 is 2.60 bits per heavy atom. The lowest BCUT2D eigenvalue weighted by Gasteiger charge is -2.11. The normalized spacial score (nSPS) is 12.2. The van der Waals surface area contributed by atoms with Gasteiger partial charge in [0.1, 0.15) is 6.54 Å². The molecule has 136 valence electrons. The number of benzene rings is 1. The maximum absolute atomic E-state index is 5.29. The van der Waals surface area contributed by atoms with Gasteiger partial charge < -0.3 is 15.2 Å². The van der Waals surface area contributed by atoms with Crippen molar-refractivity contribution in [3.8, 4) is 0 Å². The van der Waals surface area contributed by atoms with Crippen molar-refractivity contribution in [2.75, 3.05) is 18.8 Å². The van der Waals surface area contributed by atoms with Gasteiger partial charge in [-0.1, -0.05) is 44.1 Å². The fraction of sp³-hybridized carbons (Fsp3) is 0.500. The van der Waals surface area contributed by atoms with E-state index >= 15 is 0 Å². The molecular formula is C18H27N5OS. The van der Waals surface area contributed by atoms with E-state index in [2.05, 4.69) is 50.0 Å². The molecule has 1 heterocycles. The smallest absolute Gasteiger partial charge is 0.232 e. The van der Waals surface area contributed by atoms with E-state index < -0.39 is 0 Å². The van der Waals surface area contributed by atoms with Gasteiger partial charge in [-0.2, -0.15) is 4.98 Å². The van der Waals surface area contributed by atoms with E-state index in [1.165, 1.54) is 4.90 Å². The quantitative estimate of drug-likeness (QED) is 0.341. The van der Waals surface area contributed by atoms with Crippen LogP contribution in [-0.2, 0) is 12.0 Å². The summed E-state index contributed by atoms with van der Waals surface area (Å²) in [7, 11) is 0. The highest BCUT2D eigenvalue weighted by atomic mass is 32.2. The number of rotatable bonds is 7. The van der Waals surface area contributed by atoms with Crippen LogP contribution in [0, 0.1) is 0 Å². The zero-order chi connectivity index (χ0) is 18.1. The summed E-state index contributed by atoms with van der Waals surface area (Å²) in [5.74, 6) is 2.96. The molecule has 0 radical (unpaired) electrons. The predicted molar refractivity (Wildman–Crippen MR) is 103 cm³/mol. The van der Waals surface area contributed by atoms with E-state index in [1.807, 2.05) is 45.5 Å². The van der Waals surface area contributed by atoms with Crippen molar-refractivity contribution >= 4 is 17.7 Å². The Kier molecular flexibility index (Phi) is 7.31. The molecule has 0 aliphatic heterocycles. The molecule has 1 aromatic heterocycles. The minimum Gasteiger partial charge on any atom is -0.357 e. The maximum Gasteiger partial charge on any atom is 0.232 e. The second-order valence-electron chi connectivity index (χ2n) is 6.55. The third-order valence-electron chi connectivity index (χ3n) is 3.24. The molecule has 6 nitrogen and oxygen atoms in total. The molecule has 2 aromatic rings. The molecule has 2 N–H and O–H groups in total. The molecule has 0 amide bonds. The molecule has 1 aromatic carbocycles. The molecule has 0 spiro atoms. The first-order chi connectivity index (χ1) is 12.0. The Morgan fingerprint density at radius 1 is 1.20 bits per heavy atom. The van der Waals surface area contributed by atoms with Crippen LogP contribution in [0.4, 0.5) is 0 Å². The van der Waals surface area contributed by atoms with Gasteiger partial charge in [-0.25, -0.2) is 4.99 Å². The number of thioether (sulfide) groups is 1. The molecule has 0 aliphatic carbocycles. The van der Waals surface area contributed by atoms with Crippen molar-refractivity contribution in [3.63, 3.8) is 0 Å². The second kappa shape index (κ2) is 9.46. The molecule has 0 fully saturated rings. The van der Waals surface area contributed by atoms with Crippen molar-refractivity contribution in [1.82, 2.24) is 20.8 Å². The fourth-order valence-electron chi connectivity index (χ4n) is 1.97. The van der Waals surface area contributed by atoms with Gasteiger partial charge in [-0.05, 0) is 19.1 Å². The summed E-state index contributed by atoms with van der Waals surface area (Å²) in [6, 6.07) is 10.4. The van der Waals surface area contributed by atoms with Crippen molar-refractivity contribution in [1.29, 1.82) is 0 Å². The Hall–Kier alpha value is -2.02. The van der Waals surface area contributed by atoms with Crippen LogP contribution in [0.5, 0.6) is 0 Å². The number of nitrogens with one attached hydrogen (secondary N) is 2. The standard InChI is InChI=1S/C18H27N5OS/c1-5-19-17(20-11-12-25-14-9-7-6-8-10-14)21-13-15-22-16(24-23-15)18(2,3)4/h6-10H,5,11-13H2,1-4H3,(H2,19,20,21). The summed E-state index contributed by atoms with van der Waals surface area (Å²) >= 11 is 1.82. The first-order valence-electron chi connectivity index (χ1n) is 8.52. The number of guanidine groups is 1. The lowest BCUT2D eigenvalue weighted by Crippen LogP contribution is -2.38. The topological polar surface area (TPSA) is 75.3 Å². The first-order valence-corrected chi connectivity index (χ1v) is 9.50. The minimum atomic E-state index is -0.146. The molecule has 7 heteroatoms. The van der Waals surface area contributed by atoms with Crippen molar-refractivity contribution < 1.29 is 4.52 Å². The molecule has 25 heavy (non-hydrogen) atoms. The molecular weight excluding hydrogens is 334 g/mol. The average Bonchev–Trinajstić information content (AvgIpc) is 3.07. The second-order valence-corrected chi connectivity index (χ2v) is 7.72. The summed E-state index contributed by atoms with van der Waals surface area (Å²) in [5.41, 5.74) is -0.146. The van der Waals surface area contributed by atoms with E-state index in [0.29, 0.717) is 18.3 Å². The summed E-state index contributed by atoms with van der Waals surface area (Å²) < 4.78 is 5.29. The van der Waals surface area contributed by atoms with Crippen LogP contribution in [0.25, 0.3) is 0 Å². The average molecular weight is 362 g/mol. The summed E-state index contributed by atoms with van der Waals surface area (Å²) in [5, 5.41) is 10.6. The van der Waals surface area contributed by atoms with Crippen molar-refractivity contribution in [3.05, 3.63) is 42.0 Å². The van der Waals surface area contributed by atoms with Crippen LogP contribution in [0.15, 0.2) is 44.7 Å². The highest BCUT2D eigenvalue weighted by molar-refractivity contribution is 7.99. The molecule has 0 saturated heterocycles. The van der Waals surface area contributed by atoms with E-state index in [-0.39, 0.29) is 5.41 Å². The van der Waals surface area contributed by atoms with Crippen LogP contribution >= 0.6 is 11.8 Å². The zero-order valence-electron chi connectivity index (χ0n) is 15.4. The summed E-state index contributed by atoms with van der Waals surface area (Å²) in [6.07, 6.45) is 0. The third kappa shape index (κ3) is 6.78. The summed E-state index contributed by atoms with van der Waals surface area (Å²) in [6.45, 7) is 10.2. The Morgan fingerprint density at radius 2 is 1.96 bits per heavy atom. The number of aliphatic imine (C=N–C) groups is 1. The highest BCUT2D eigenvalue weighted by Gasteiger charge is 2.21. The van der Waals surface area contributed by atoms with Gasteiger partial charge in [0.15, 0.2) is 11.8 Å². The van der Waals surface area contributed by atoms with Crippen LogP contribution in [-0.4, -0.2) is 34.9 Å². The number of hydrogen-bond donors (Lipinski definition) is 2. The molecule has 0 unspecified atom stereocenters. The van der Waals surface area contributed by atoms with Crippen LogP contribution in [0.2, 0.25) is 0 Å². The molecule has 0 atom stereocenters. The predicted octanol–water partition coefficient (Wildman–Crippen LogP) is 3.21. The Bertz CT molecular complexity index is 664. The van der Waals surface area contributed by atoms with Crippen molar-refractivity contribution in [2.45, 2.75) is 44.6 Å². The van der Waals surface area contributed by atoms with Gasteiger partial charge >= 0.3 is 0 Å². The summed E-state index contributed by atoms with van der Waals surface area (Å²) in [4.78, 5) is 10.2. The minimum absolute atomic E-state index is 0.146. The van der Waals surface area contributed by atoms with E-state index in [9.17, 15) is 0 Å². The van der Waals surface area contributed by atoms with Crippen LogP contribution in [0.3, 0.4) is 0 Å². The molecule has 0 saturated carbocycles. The molecule has 2 rings (SSSR count). The number of aromatic nitrogens is 2.